The largest absolute Gasteiger partial charge is 0.481 e. The average Bonchev–Trinajstić information content (AvgIpc) is 2.29. The first kappa shape index (κ1) is 13.9. The van der Waals surface area contributed by atoms with Crippen LogP contribution in [0.2, 0.25) is 0 Å². The van der Waals surface area contributed by atoms with E-state index in [1.54, 1.807) is 13.0 Å². The Morgan fingerprint density at radius 3 is 2.67 bits per heavy atom. The number of carboxylic acids is 1. The highest BCUT2D eigenvalue weighted by molar-refractivity contribution is 5.71. The summed E-state index contributed by atoms with van der Waals surface area (Å²) < 4.78 is 28.6. The van der Waals surface area contributed by atoms with E-state index in [1.165, 1.54) is 12.1 Å². The van der Waals surface area contributed by atoms with Gasteiger partial charge in [0.25, 0.3) is 0 Å². The summed E-state index contributed by atoms with van der Waals surface area (Å²) in [5, 5.41) is 17.7. The van der Waals surface area contributed by atoms with Crippen molar-refractivity contribution in [1.82, 2.24) is 0 Å². The third-order valence-corrected chi connectivity index (χ3v) is 2.39. The third kappa shape index (κ3) is 3.17. The Morgan fingerprint density at radius 1 is 1.56 bits per heavy atom. The van der Waals surface area contributed by atoms with Gasteiger partial charge in [-0.15, -0.1) is 0 Å². The number of nitriles is 1. The minimum atomic E-state index is -3.02. The van der Waals surface area contributed by atoms with Crippen LogP contribution in [0.25, 0.3) is 0 Å². The Morgan fingerprint density at radius 2 is 2.22 bits per heavy atom. The second kappa shape index (κ2) is 5.96. The first-order chi connectivity index (χ1) is 8.49. The molecule has 0 saturated carbocycles. The summed E-state index contributed by atoms with van der Waals surface area (Å²) in [6.07, 6.45) is 0.110. The van der Waals surface area contributed by atoms with Gasteiger partial charge in [0.05, 0.1) is 12.0 Å². The molecule has 0 bridgehead atoms. The Bertz CT molecular complexity index is 495. The predicted octanol–water partition coefficient (Wildman–Crippen LogP) is 2.35. The third-order valence-electron chi connectivity index (χ3n) is 2.39. The summed E-state index contributed by atoms with van der Waals surface area (Å²) >= 11 is 0. The van der Waals surface area contributed by atoms with Gasteiger partial charge in [-0.3, -0.25) is 4.79 Å². The van der Waals surface area contributed by atoms with Crippen molar-refractivity contribution in [2.45, 2.75) is 26.4 Å². The predicted molar refractivity (Wildman–Crippen MR) is 58.5 cm³/mol. The maximum Gasteiger partial charge on any atom is 0.387 e. The number of carboxylic acid groups (broad SMARTS) is 1. The van der Waals surface area contributed by atoms with Crippen molar-refractivity contribution >= 4 is 5.97 Å². The van der Waals surface area contributed by atoms with Gasteiger partial charge in [-0.1, -0.05) is 13.0 Å². The highest BCUT2D eigenvalue weighted by Crippen LogP contribution is 2.27. The fourth-order valence-corrected chi connectivity index (χ4v) is 1.72. The molecular formula is C12H11F2NO3. The smallest absolute Gasteiger partial charge is 0.387 e. The quantitative estimate of drug-likeness (QED) is 0.876. The molecular weight excluding hydrogens is 244 g/mol. The second-order valence-electron chi connectivity index (χ2n) is 3.49. The Hall–Kier alpha value is -2.16. The van der Waals surface area contributed by atoms with E-state index in [1.807, 2.05) is 0 Å². The van der Waals surface area contributed by atoms with Gasteiger partial charge in [0.2, 0.25) is 0 Å². The van der Waals surface area contributed by atoms with Crippen molar-refractivity contribution in [2.75, 3.05) is 0 Å². The zero-order chi connectivity index (χ0) is 13.7. The van der Waals surface area contributed by atoms with Gasteiger partial charge >= 0.3 is 12.6 Å². The molecule has 1 aromatic carbocycles. The van der Waals surface area contributed by atoms with E-state index in [2.05, 4.69) is 4.74 Å². The Labute approximate surface area is 102 Å². The molecule has 0 spiro atoms. The van der Waals surface area contributed by atoms with Crippen LogP contribution in [-0.2, 0) is 17.6 Å². The van der Waals surface area contributed by atoms with Gasteiger partial charge in [0.1, 0.15) is 11.8 Å². The van der Waals surface area contributed by atoms with E-state index in [-0.39, 0.29) is 17.7 Å². The second-order valence-corrected chi connectivity index (χ2v) is 3.49. The molecule has 1 rings (SSSR count). The molecule has 0 aliphatic rings. The van der Waals surface area contributed by atoms with Crippen LogP contribution in [0.4, 0.5) is 8.78 Å². The molecule has 6 heteroatoms. The lowest BCUT2D eigenvalue weighted by molar-refractivity contribution is -0.136. The van der Waals surface area contributed by atoms with Crippen LogP contribution in [0.3, 0.4) is 0 Å². The van der Waals surface area contributed by atoms with Crippen molar-refractivity contribution in [3.05, 3.63) is 28.8 Å². The van der Waals surface area contributed by atoms with Gasteiger partial charge in [-0.2, -0.15) is 14.0 Å². The standard InChI is InChI=1S/C12H11F2NO3/c1-2-8-7(5-11(16)17)3-4-10(9(8)6-15)18-12(13)14/h3-4,12H,2,5H2,1H3,(H,16,17). The minimum absolute atomic E-state index is 0.0310. The number of hydrogen-bond donors (Lipinski definition) is 1. The molecule has 0 aliphatic carbocycles. The number of aliphatic carboxylic acids is 1. The molecule has 18 heavy (non-hydrogen) atoms. The van der Waals surface area contributed by atoms with Crippen LogP contribution in [0.15, 0.2) is 12.1 Å². The molecule has 1 aromatic rings. The van der Waals surface area contributed by atoms with Crippen molar-refractivity contribution in [2.24, 2.45) is 0 Å². The zero-order valence-electron chi connectivity index (χ0n) is 9.61. The van der Waals surface area contributed by atoms with Crippen LogP contribution < -0.4 is 4.74 Å². The highest BCUT2D eigenvalue weighted by atomic mass is 19.3. The minimum Gasteiger partial charge on any atom is -0.481 e. The van der Waals surface area contributed by atoms with Crippen molar-refractivity contribution in [1.29, 1.82) is 5.26 Å². The van der Waals surface area contributed by atoms with E-state index in [0.717, 1.165) is 0 Å². The number of alkyl halides is 2. The van der Waals surface area contributed by atoms with Crippen molar-refractivity contribution in [3.63, 3.8) is 0 Å². The first-order valence-corrected chi connectivity index (χ1v) is 5.21. The molecule has 0 atom stereocenters. The highest BCUT2D eigenvalue weighted by Gasteiger charge is 2.17. The Kier molecular flexibility index (Phi) is 4.60. The molecule has 4 nitrogen and oxygen atoms in total. The van der Waals surface area contributed by atoms with E-state index in [9.17, 15) is 13.6 Å². The lowest BCUT2D eigenvalue weighted by Gasteiger charge is -2.12. The summed E-state index contributed by atoms with van der Waals surface area (Å²) in [5.41, 5.74) is 0.831. The number of benzene rings is 1. The van der Waals surface area contributed by atoms with Crippen LogP contribution in [0.1, 0.15) is 23.6 Å². The molecule has 0 saturated heterocycles. The van der Waals surface area contributed by atoms with E-state index in [4.69, 9.17) is 10.4 Å². The summed E-state index contributed by atoms with van der Waals surface area (Å²) in [7, 11) is 0. The molecule has 96 valence electrons. The molecule has 0 fully saturated rings. The monoisotopic (exact) mass is 255 g/mol. The summed E-state index contributed by atoms with van der Waals surface area (Å²) in [6.45, 7) is -1.31. The number of carbonyl (C=O) groups is 1. The van der Waals surface area contributed by atoms with Crippen LogP contribution in [0, 0.1) is 11.3 Å². The lowest BCUT2D eigenvalue weighted by atomic mass is 9.96. The van der Waals surface area contributed by atoms with Gasteiger partial charge < -0.3 is 9.84 Å². The summed E-state index contributed by atoms with van der Waals surface area (Å²) in [5.74, 6) is -1.27. The lowest BCUT2D eigenvalue weighted by Crippen LogP contribution is -2.09. The molecule has 0 unspecified atom stereocenters. The summed E-state index contributed by atoms with van der Waals surface area (Å²) in [4.78, 5) is 10.7. The van der Waals surface area contributed by atoms with Crippen LogP contribution >= 0.6 is 0 Å². The topological polar surface area (TPSA) is 70.3 Å². The van der Waals surface area contributed by atoms with Gasteiger partial charge in [-0.05, 0) is 23.6 Å². The molecule has 0 aromatic heterocycles. The van der Waals surface area contributed by atoms with Gasteiger partial charge in [0.15, 0.2) is 0 Å². The number of nitrogens with zero attached hydrogens (tertiary/aromatic N) is 1. The molecule has 1 N–H and O–H groups in total. The van der Waals surface area contributed by atoms with Gasteiger partial charge in [-0.25, -0.2) is 0 Å². The van der Waals surface area contributed by atoms with Crippen molar-refractivity contribution < 1.29 is 23.4 Å². The maximum absolute atomic E-state index is 12.2. The molecule has 0 heterocycles. The first-order valence-electron chi connectivity index (χ1n) is 5.21. The average molecular weight is 255 g/mol. The number of rotatable bonds is 5. The summed E-state index contributed by atoms with van der Waals surface area (Å²) in [6, 6.07) is 4.37. The van der Waals surface area contributed by atoms with E-state index >= 15 is 0 Å². The maximum atomic E-state index is 12.2. The molecule has 0 amide bonds. The number of hydrogen-bond acceptors (Lipinski definition) is 3. The number of ether oxygens (including phenoxy) is 1. The molecule has 0 aliphatic heterocycles. The Balaban J connectivity index is 3.28. The van der Waals surface area contributed by atoms with Crippen molar-refractivity contribution in [3.8, 4) is 11.8 Å². The SMILES string of the molecule is CCc1c(CC(=O)O)ccc(OC(F)F)c1C#N. The van der Waals surface area contributed by atoms with Gasteiger partial charge in [0, 0.05) is 0 Å². The van der Waals surface area contributed by atoms with E-state index in [0.29, 0.717) is 17.5 Å². The fraction of sp³-hybridized carbons (Fsp3) is 0.333. The fourth-order valence-electron chi connectivity index (χ4n) is 1.72. The van der Waals surface area contributed by atoms with Crippen LogP contribution in [-0.4, -0.2) is 17.7 Å². The number of halogens is 2. The zero-order valence-corrected chi connectivity index (χ0v) is 9.61. The molecule has 0 radical (unpaired) electrons. The van der Waals surface area contributed by atoms with E-state index < -0.39 is 12.6 Å². The normalized spacial score (nSPS) is 10.2. The van der Waals surface area contributed by atoms with Crippen LogP contribution in [0.5, 0.6) is 5.75 Å².